The lowest BCUT2D eigenvalue weighted by Gasteiger charge is -2.13. The van der Waals surface area contributed by atoms with E-state index in [9.17, 15) is 4.79 Å². The van der Waals surface area contributed by atoms with Crippen molar-refractivity contribution in [2.24, 2.45) is 0 Å². The maximum Gasteiger partial charge on any atom is 0.230 e. The van der Waals surface area contributed by atoms with Gasteiger partial charge in [0.25, 0.3) is 0 Å². The fourth-order valence-electron chi connectivity index (χ4n) is 2.40. The lowest BCUT2D eigenvalue weighted by molar-refractivity contribution is -0.119. The number of carbonyl (C=O) groups excluding carboxylic acids is 1. The number of rotatable bonds is 9. The Hall–Kier alpha value is -1.14. The maximum atomic E-state index is 12.1. The Morgan fingerprint density at radius 3 is 2.91 bits per heavy atom. The number of nitrogens with zero attached hydrogens (tertiary/aromatic N) is 2. The summed E-state index contributed by atoms with van der Waals surface area (Å²) in [4.78, 5) is 23.1. The monoisotopic (exact) mass is 351 g/mol. The molecule has 6 heteroatoms. The average Bonchev–Trinajstić information content (AvgIpc) is 2.97. The number of carbonyl (C=O) groups is 1. The summed E-state index contributed by atoms with van der Waals surface area (Å²) in [5, 5.41) is 5.05. The standard InChI is InChI=1S/C17H25N3OS2/c1-4-6-7-8-12(3)20-15(21)10-22-16-14-9-13(5-2)23-17(14)19-11-18-16/h9,11-12H,4-8,10H2,1-3H3,(H,20,21)/t12-/m1/s1. The van der Waals surface area contributed by atoms with Crippen LogP contribution in [-0.2, 0) is 11.2 Å². The maximum absolute atomic E-state index is 12.1. The number of thioether (sulfide) groups is 1. The predicted octanol–water partition coefficient (Wildman–Crippen LogP) is 4.43. The van der Waals surface area contributed by atoms with Crippen LogP contribution in [0.5, 0.6) is 0 Å². The van der Waals surface area contributed by atoms with Gasteiger partial charge in [-0.15, -0.1) is 11.3 Å². The van der Waals surface area contributed by atoms with Crippen LogP contribution in [-0.4, -0.2) is 27.7 Å². The highest BCUT2D eigenvalue weighted by Crippen LogP contribution is 2.30. The van der Waals surface area contributed by atoms with Gasteiger partial charge >= 0.3 is 0 Å². The van der Waals surface area contributed by atoms with Crippen LogP contribution < -0.4 is 5.32 Å². The van der Waals surface area contributed by atoms with Crippen molar-refractivity contribution in [2.75, 3.05) is 5.75 Å². The molecule has 0 fully saturated rings. The minimum atomic E-state index is 0.0803. The zero-order valence-electron chi connectivity index (χ0n) is 14.1. The van der Waals surface area contributed by atoms with E-state index < -0.39 is 0 Å². The second kappa shape index (κ2) is 9.23. The molecule has 0 saturated heterocycles. The van der Waals surface area contributed by atoms with Crippen molar-refractivity contribution in [2.45, 2.75) is 63.9 Å². The van der Waals surface area contributed by atoms with Crippen LogP contribution in [0.2, 0.25) is 0 Å². The van der Waals surface area contributed by atoms with Gasteiger partial charge in [-0.1, -0.05) is 44.9 Å². The first kappa shape index (κ1) is 18.2. The van der Waals surface area contributed by atoms with E-state index in [0.717, 1.165) is 28.1 Å². The summed E-state index contributed by atoms with van der Waals surface area (Å²) in [7, 11) is 0. The van der Waals surface area contributed by atoms with Crippen molar-refractivity contribution in [3.8, 4) is 0 Å². The molecule has 0 aliphatic carbocycles. The van der Waals surface area contributed by atoms with Gasteiger partial charge < -0.3 is 5.32 Å². The largest absolute Gasteiger partial charge is 0.353 e. The van der Waals surface area contributed by atoms with E-state index in [2.05, 4.69) is 42.1 Å². The Morgan fingerprint density at radius 2 is 2.17 bits per heavy atom. The number of fused-ring (bicyclic) bond motifs is 1. The van der Waals surface area contributed by atoms with Gasteiger partial charge in [0, 0.05) is 16.3 Å². The number of hydrogen-bond donors (Lipinski definition) is 1. The second-order valence-corrected chi connectivity index (χ2v) is 7.80. The van der Waals surface area contributed by atoms with E-state index in [-0.39, 0.29) is 11.9 Å². The van der Waals surface area contributed by atoms with Crippen LogP contribution in [0.4, 0.5) is 0 Å². The third kappa shape index (κ3) is 5.46. The molecule has 2 heterocycles. The Balaban J connectivity index is 1.88. The van der Waals surface area contributed by atoms with Crippen LogP contribution in [0.15, 0.2) is 17.4 Å². The Bertz CT molecular complexity index is 642. The smallest absolute Gasteiger partial charge is 0.230 e. The summed E-state index contributed by atoms with van der Waals surface area (Å²) in [5.41, 5.74) is 0. The van der Waals surface area contributed by atoms with E-state index >= 15 is 0 Å². The molecule has 0 aliphatic rings. The van der Waals surface area contributed by atoms with E-state index in [1.807, 2.05) is 0 Å². The Morgan fingerprint density at radius 1 is 1.35 bits per heavy atom. The third-order valence-electron chi connectivity index (χ3n) is 3.68. The molecule has 0 spiro atoms. The minimum Gasteiger partial charge on any atom is -0.353 e. The van der Waals surface area contributed by atoms with Crippen molar-refractivity contribution in [1.29, 1.82) is 0 Å². The molecule has 1 N–H and O–H groups in total. The van der Waals surface area contributed by atoms with Gasteiger partial charge in [-0.3, -0.25) is 4.79 Å². The molecular weight excluding hydrogens is 326 g/mol. The highest BCUT2D eigenvalue weighted by molar-refractivity contribution is 8.00. The number of nitrogens with one attached hydrogen (secondary N) is 1. The first-order valence-electron chi connectivity index (χ1n) is 8.29. The van der Waals surface area contributed by atoms with Crippen molar-refractivity contribution in [1.82, 2.24) is 15.3 Å². The quantitative estimate of drug-likeness (QED) is 0.412. The number of amides is 1. The number of aryl methyl sites for hydroxylation is 1. The molecule has 4 nitrogen and oxygen atoms in total. The first-order chi connectivity index (χ1) is 11.1. The molecule has 126 valence electrons. The van der Waals surface area contributed by atoms with E-state index in [1.54, 1.807) is 17.7 Å². The number of unbranched alkanes of at least 4 members (excludes halogenated alkanes) is 2. The van der Waals surface area contributed by atoms with Gasteiger partial charge in [-0.05, 0) is 25.8 Å². The van der Waals surface area contributed by atoms with E-state index in [4.69, 9.17) is 0 Å². The molecule has 0 saturated carbocycles. The van der Waals surface area contributed by atoms with Crippen LogP contribution in [0.1, 0.15) is 51.3 Å². The SMILES string of the molecule is CCCCC[C@@H](C)NC(=O)CSc1ncnc2sc(CC)cc12. The molecule has 0 unspecified atom stereocenters. The van der Waals surface area contributed by atoms with Gasteiger partial charge in [0.1, 0.15) is 16.2 Å². The Labute approximate surface area is 146 Å². The molecule has 2 aromatic rings. The average molecular weight is 352 g/mol. The molecule has 23 heavy (non-hydrogen) atoms. The van der Waals surface area contributed by atoms with Gasteiger partial charge in [0.05, 0.1) is 5.75 Å². The van der Waals surface area contributed by atoms with Crippen LogP contribution in [0, 0.1) is 0 Å². The molecule has 2 rings (SSSR count). The molecule has 2 aromatic heterocycles. The van der Waals surface area contributed by atoms with Crippen molar-refractivity contribution >= 4 is 39.2 Å². The Kier molecular flexibility index (Phi) is 7.30. The van der Waals surface area contributed by atoms with E-state index in [1.165, 1.54) is 35.9 Å². The molecule has 0 radical (unpaired) electrons. The lowest BCUT2D eigenvalue weighted by Crippen LogP contribution is -2.33. The predicted molar refractivity (Wildman–Crippen MR) is 99.3 cm³/mol. The first-order valence-corrected chi connectivity index (χ1v) is 10.1. The molecule has 0 aromatic carbocycles. The fourth-order valence-corrected chi connectivity index (χ4v) is 4.18. The van der Waals surface area contributed by atoms with Crippen molar-refractivity contribution in [3.63, 3.8) is 0 Å². The molecule has 1 amide bonds. The zero-order valence-corrected chi connectivity index (χ0v) is 15.7. The summed E-state index contributed by atoms with van der Waals surface area (Å²) >= 11 is 3.20. The highest BCUT2D eigenvalue weighted by Gasteiger charge is 2.12. The van der Waals surface area contributed by atoms with Crippen molar-refractivity contribution < 1.29 is 4.79 Å². The van der Waals surface area contributed by atoms with Gasteiger partial charge in [-0.2, -0.15) is 0 Å². The lowest BCUT2D eigenvalue weighted by atomic mass is 10.1. The highest BCUT2D eigenvalue weighted by atomic mass is 32.2. The molecular formula is C17H25N3OS2. The number of aromatic nitrogens is 2. The second-order valence-electron chi connectivity index (χ2n) is 5.72. The van der Waals surface area contributed by atoms with Crippen molar-refractivity contribution in [3.05, 3.63) is 17.3 Å². The number of hydrogen-bond acceptors (Lipinski definition) is 5. The van der Waals surface area contributed by atoms with Gasteiger partial charge in [0.15, 0.2) is 0 Å². The summed E-state index contributed by atoms with van der Waals surface area (Å²) in [6, 6.07) is 2.39. The fraction of sp³-hybridized carbons (Fsp3) is 0.588. The molecule has 1 atom stereocenters. The van der Waals surface area contributed by atoms with E-state index in [0.29, 0.717) is 5.75 Å². The van der Waals surface area contributed by atoms with Crippen LogP contribution >= 0.6 is 23.1 Å². The zero-order chi connectivity index (χ0) is 16.7. The molecule has 0 aliphatic heterocycles. The van der Waals surface area contributed by atoms with Crippen LogP contribution in [0.25, 0.3) is 10.2 Å². The normalized spacial score (nSPS) is 12.5. The van der Waals surface area contributed by atoms with Gasteiger partial charge in [0.2, 0.25) is 5.91 Å². The molecule has 0 bridgehead atoms. The summed E-state index contributed by atoms with van der Waals surface area (Å²) < 4.78 is 0. The summed E-state index contributed by atoms with van der Waals surface area (Å²) in [5.74, 6) is 0.485. The topological polar surface area (TPSA) is 54.9 Å². The summed E-state index contributed by atoms with van der Waals surface area (Å²) in [6.07, 6.45) is 7.25. The van der Waals surface area contributed by atoms with Gasteiger partial charge in [-0.25, -0.2) is 9.97 Å². The third-order valence-corrected chi connectivity index (χ3v) is 5.87. The number of thiophene rings is 1. The van der Waals surface area contributed by atoms with Crippen LogP contribution in [0.3, 0.4) is 0 Å². The minimum absolute atomic E-state index is 0.0803. The summed E-state index contributed by atoms with van der Waals surface area (Å²) in [6.45, 7) is 6.41.